The van der Waals surface area contributed by atoms with Crippen molar-refractivity contribution in [1.82, 2.24) is 15.2 Å². The molecule has 2 aliphatic heterocycles. The van der Waals surface area contributed by atoms with E-state index >= 15 is 0 Å². The molecule has 4 rings (SSSR count). The quantitative estimate of drug-likeness (QED) is 0.307. The summed E-state index contributed by atoms with van der Waals surface area (Å²) in [5, 5.41) is 15.7. The highest BCUT2D eigenvalue weighted by Gasteiger charge is 2.35. The first-order valence-corrected chi connectivity index (χ1v) is 12.8. The van der Waals surface area contributed by atoms with E-state index in [4.69, 9.17) is 8.92 Å². The molecule has 2 saturated heterocycles. The predicted octanol–water partition coefficient (Wildman–Crippen LogP) is 0.967. The molecule has 1 aromatic carbocycles. The second kappa shape index (κ2) is 9.52. The number of likely N-dealkylation sites (tertiary alicyclic amines) is 1. The van der Waals surface area contributed by atoms with Crippen LogP contribution >= 0.6 is 11.3 Å². The highest BCUT2D eigenvalue weighted by atomic mass is 32.2. The SMILES string of the molecule is CS(=O)(=O)OC1CN(c2nc(C(=O)NC3CN(C(=O)OCc4ccc([N+](=O)[O-])cc4)C3)cs2)C1. The van der Waals surface area contributed by atoms with Gasteiger partial charge in [0.25, 0.3) is 21.7 Å². The summed E-state index contributed by atoms with van der Waals surface area (Å²) < 4.78 is 32.4. The van der Waals surface area contributed by atoms with Gasteiger partial charge >= 0.3 is 6.09 Å². The minimum Gasteiger partial charge on any atom is -0.445 e. The lowest BCUT2D eigenvalue weighted by atomic mass is 10.1. The van der Waals surface area contributed by atoms with Crippen LogP contribution in [0.5, 0.6) is 0 Å². The van der Waals surface area contributed by atoms with E-state index < -0.39 is 27.2 Å². The number of rotatable bonds is 8. The lowest BCUT2D eigenvalue weighted by molar-refractivity contribution is -0.384. The van der Waals surface area contributed by atoms with Crippen LogP contribution in [0, 0.1) is 10.1 Å². The van der Waals surface area contributed by atoms with Gasteiger partial charge in [-0.05, 0) is 17.7 Å². The maximum absolute atomic E-state index is 12.4. The van der Waals surface area contributed by atoms with Gasteiger partial charge in [-0.2, -0.15) is 8.42 Å². The first-order valence-electron chi connectivity index (χ1n) is 10.1. The van der Waals surface area contributed by atoms with Gasteiger partial charge in [0.15, 0.2) is 5.13 Å². The number of amides is 2. The average Bonchev–Trinajstić information content (AvgIpc) is 3.20. The second-order valence-electron chi connectivity index (χ2n) is 7.90. The third kappa shape index (κ3) is 5.78. The van der Waals surface area contributed by atoms with Gasteiger partial charge in [-0.1, -0.05) is 0 Å². The Morgan fingerprint density at radius 2 is 1.91 bits per heavy atom. The summed E-state index contributed by atoms with van der Waals surface area (Å²) in [6, 6.07) is 5.48. The average molecular weight is 512 g/mol. The topological polar surface area (TPSA) is 161 Å². The van der Waals surface area contributed by atoms with Gasteiger partial charge in [-0.25, -0.2) is 9.78 Å². The van der Waals surface area contributed by atoms with Gasteiger partial charge in [0.1, 0.15) is 18.4 Å². The van der Waals surface area contributed by atoms with Crippen LogP contribution in [0.15, 0.2) is 29.6 Å². The van der Waals surface area contributed by atoms with Gasteiger partial charge in [-0.3, -0.25) is 19.1 Å². The third-order valence-corrected chi connectivity index (χ3v) is 6.66. The van der Waals surface area contributed by atoms with Crippen molar-refractivity contribution in [2.45, 2.75) is 18.8 Å². The molecule has 3 heterocycles. The van der Waals surface area contributed by atoms with Gasteiger partial charge in [0.05, 0.1) is 17.2 Å². The Bertz CT molecular complexity index is 1190. The smallest absolute Gasteiger partial charge is 0.410 e. The molecule has 2 aromatic rings. The number of nitro groups is 1. The van der Waals surface area contributed by atoms with Crippen molar-refractivity contribution in [1.29, 1.82) is 0 Å². The molecule has 1 aromatic heterocycles. The fourth-order valence-corrected chi connectivity index (χ4v) is 4.79. The molecule has 0 bridgehead atoms. The Balaban J connectivity index is 1.17. The summed E-state index contributed by atoms with van der Waals surface area (Å²) in [7, 11) is -3.51. The standard InChI is InChI=1S/C19H21N5O8S2/c1-34(29,30)32-15-8-22(9-15)18-21-16(11-33-18)17(25)20-13-6-23(7-13)19(26)31-10-12-2-4-14(5-3-12)24(27)28/h2-5,11,13,15H,6-10H2,1H3,(H,20,25). The van der Waals surface area contributed by atoms with Crippen LogP contribution in [0.4, 0.5) is 15.6 Å². The molecule has 0 aliphatic carbocycles. The highest BCUT2D eigenvalue weighted by molar-refractivity contribution is 7.86. The molecule has 2 fully saturated rings. The van der Waals surface area contributed by atoms with Gasteiger partial charge < -0.3 is 19.9 Å². The maximum Gasteiger partial charge on any atom is 0.410 e. The van der Waals surface area contributed by atoms with E-state index in [1.807, 2.05) is 4.90 Å². The van der Waals surface area contributed by atoms with E-state index in [2.05, 4.69) is 10.3 Å². The summed E-state index contributed by atoms with van der Waals surface area (Å²) in [4.78, 5) is 42.3. The van der Waals surface area contributed by atoms with Crippen LogP contribution in [0.25, 0.3) is 0 Å². The molecule has 2 aliphatic rings. The molecule has 0 unspecified atom stereocenters. The van der Waals surface area contributed by atoms with Crippen molar-refractivity contribution >= 4 is 44.3 Å². The molecule has 34 heavy (non-hydrogen) atoms. The summed E-state index contributed by atoms with van der Waals surface area (Å²) >= 11 is 1.27. The van der Waals surface area contributed by atoms with Crippen LogP contribution in [0.2, 0.25) is 0 Å². The molecule has 0 radical (unpaired) electrons. The molecule has 15 heteroatoms. The summed E-state index contributed by atoms with van der Waals surface area (Å²) in [6.07, 6.45) is 0.0441. The van der Waals surface area contributed by atoms with E-state index in [-0.39, 0.29) is 29.9 Å². The summed E-state index contributed by atoms with van der Waals surface area (Å²) in [5.74, 6) is -0.365. The Hall–Kier alpha value is -3.30. The molecule has 1 N–H and O–H groups in total. The summed E-state index contributed by atoms with van der Waals surface area (Å²) in [6.45, 7) is 1.32. The van der Waals surface area contributed by atoms with Crippen LogP contribution in [-0.2, 0) is 25.6 Å². The molecule has 0 spiro atoms. The minimum atomic E-state index is -3.51. The van der Waals surface area contributed by atoms with E-state index in [1.165, 1.54) is 40.5 Å². The number of nitrogens with one attached hydrogen (secondary N) is 1. The molecular formula is C19H21N5O8S2. The number of nitrogens with zero attached hydrogens (tertiary/aromatic N) is 4. The van der Waals surface area contributed by atoms with Crippen LogP contribution < -0.4 is 10.2 Å². The number of carbonyl (C=O) groups excluding carboxylic acids is 2. The number of anilines is 1. The van der Waals surface area contributed by atoms with E-state index in [0.717, 1.165) is 6.26 Å². The molecule has 2 amide bonds. The summed E-state index contributed by atoms with van der Waals surface area (Å²) in [5.41, 5.74) is 0.824. The predicted molar refractivity (Wildman–Crippen MR) is 120 cm³/mol. The highest BCUT2D eigenvalue weighted by Crippen LogP contribution is 2.27. The number of nitro benzene ring substituents is 1. The first-order chi connectivity index (χ1) is 16.1. The molecular weight excluding hydrogens is 490 g/mol. The Kier molecular flexibility index (Phi) is 6.67. The molecule has 182 valence electrons. The number of aromatic nitrogens is 1. The number of ether oxygens (including phenoxy) is 1. The van der Waals surface area contributed by atoms with E-state index in [1.54, 1.807) is 5.38 Å². The van der Waals surface area contributed by atoms with Crippen LogP contribution in [0.1, 0.15) is 16.1 Å². The zero-order chi connectivity index (χ0) is 24.5. The maximum atomic E-state index is 12.4. The molecule has 0 atom stereocenters. The molecule has 13 nitrogen and oxygen atoms in total. The van der Waals surface area contributed by atoms with Crippen molar-refractivity contribution in [3.63, 3.8) is 0 Å². The second-order valence-corrected chi connectivity index (χ2v) is 10.3. The van der Waals surface area contributed by atoms with Gasteiger partial charge in [0.2, 0.25) is 0 Å². The van der Waals surface area contributed by atoms with Crippen LogP contribution in [0.3, 0.4) is 0 Å². The van der Waals surface area contributed by atoms with E-state index in [9.17, 15) is 28.1 Å². The van der Waals surface area contributed by atoms with Crippen molar-refractivity contribution in [2.75, 3.05) is 37.3 Å². The minimum absolute atomic E-state index is 0.0153. The number of hydrogen-bond acceptors (Lipinski definition) is 11. The molecule has 0 saturated carbocycles. The Labute approximate surface area is 198 Å². The Morgan fingerprint density at radius 1 is 1.24 bits per heavy atom. The van der Waals surface area contributed by atoms with E-state index in [0.29, 0.717) is 36.9 Å². The normalized spacial score (nSPS) is 16.5. The number of hydrogen-bond donors (Lipinski definition) is 1. The zero-order valence-electron chi connectivity index (χ0n) is 17.9. The largest absolute Gasteiger partial charge is 0.445 e. The number of carbonyl (C=O) groups is 2. The monoisotopic (exact) mass is 511 g/mol. The Morgan fingerprint density at radius 3 is 2.53 bits per heavy atom. The van der Waals surface area contributed by atoms with Crippen LogP contribution in [-0.4, -0.2) is 79.8 Å². The van der Waals surface area contributed by atoms with Gasteiger partial charge in [-0.15, -0.1) is 11.3 Å². The number of benzene rings is 1. The third-order valence-electron chi connectivity index (χ3n) is 5.14. The van der Waals surface area contributed by atoms with Gasteiger partial charge in [0, 0.05) is 43.7 Å². The fourth-order valence-electron chi connectivity index (χ4n) is 3.34. The first kappa shape index (κ1) is 23.8. The van der Waals surface area contributed by atoms with Crippen molar-refractivity contribution in [3.8, 4) is 0 Å². The number of non-ortho nitro benzene ring substituents is 1. The fraction of sp³-hybridized carbons (Fsp3) is 0.421. The lowest BCUT2D eigenvalue weighted by Gasteiger charge is -2.38. The van der Waals surface area contributed by atoms with Crippen molar-refractivity contribution < 1.29 is 31.9 Å². The zero-order valence-corrected chi connectivity index (χ0v) is 19.6. The number of thiazole rings is 1. The van der Waals surface area contributed by atoms with Crippen molar-refractivity contribution in [3.05, 3.63) is 51.0 Å². The van der Waals surface area contributed by atoms with Crippen molar-refractivity contribution in [2.24, 2.45) is 0 Å². The lowest BCUT2D eigenvalue weighted by Crippen LogP contribution is -2.61.